The molecule has 0 saturated carbocycles. The van der Waals surface area contributed by atoms with Gasteiger partial charge in [0.25, 0.3) is 5.56 Å². The number of hydrogen-bond donors (Lipinski definition) is 1. The maximum absolute atomic E-state index is 12.5. The van der Waals surface area contributed by atoms with Crippen LogP contribution in [-0.4, -0.2) is 29.1 Å². The van der Waals surface area contributed by atoms with Gasteiger partial charge in [-0.3, -0.25) is 9.20 Å². The van der Waals surface area contributed by atoms with Crippen LogP contribution in [0.2, 0.25) is 0 Å². The van der Waals surface area contributed by atoms with Crippen molar-refractivity contribution in [1.29, 1.82) is 0 Å². The third kappa shape index (κ3) is 3.29. The van der Waals surface area contributed by atoms with Gasteiger partial charge in [0.2, 0.25) is 10.0 Å². The molecule has 2 aromatic rings. The molecule has 0 aromatic carbocycles. The lowest BCUT2D eigenvalue weighted by Crippen LogP contribution is -2.25. The third-order valence-corrected chi connectivity index (χ3v) is 5.81. The summed E-state index contributed by atoms with van der Waals surface area (Å²) in [4.78, 5) is 12.2. The Balaban J connectivity index is 1.81. The molecule has 0 saturated heterocycles. The predicted molar refractivity (Wildman–Crippen MR) is 91.5 cm³/mol. The fourth-order valence-electron chi connectivity index (χ4n) is 3.06. The van der Waals surface area contributed by atoms with Gasteiger partial charge >= 0.3 is 0 Å². The molecule has 1 aliphatic rings. The summed E-state index contributed by atoms with van der Waals surface area (Å²) in [6, 6.07) is 1.40. The molecular weight excluding hydrogens is 328 g/mol. The van der Waals surface area contributed by atoms with Gasteiger partial charge in [0.05, 0.1) is 0 Å². The first kappa shape index (κ1) is 16.9. The van der Waals surface area contributed by atoms with Gasteiger partial charge in [-0.25, -0.2) is 17.8 Å². The fraction of sp³-hybridized carbons (Fsp3) is 0.500. The van der Waals surface area contributed by atoms with Gasteiger partial charge in [0.1, 0.15) is 16.2 Å². The second-order valence-electron chi connectivity index (χ2n) is 6.16. The van der Waals surface area contributed by atoms with Crippen molar-refractivity contribution in [3.63, 3.8) is 0 Å². The lowest BCUT2D eigenvalue weighted by molar-refractivity contribution is 0.579. The minimum atomic E-state index is -3.64. The molecule has 7 nitrogen and oxygen atoms in total. The van der Waals surface area contributed by atoms with Crippen LogP contribution in [0.15, 0.2) is 33.6 Å². The highest BCUT2D eigenvalue weighted by atomic mass is 32.2. The van der Waals surface area contributed by atoms with Gasteiger partial charge < -0.3 is 0 Å². The third-order valence-electron chi connectivity index (χ3n) is 4.38. The lowest BCUT2D eigenvalue weighted by atomic mass is 9.97. The molecule has 0 atom stereocenters. The SMILES string of the molecule is Cc1nn(C)c(=O)c2cc(S(=O)(=O)NCCC3=CCCCC3)cn12. The first-order valence-electron chi connectivity index (χ1n) is 8.12. The molecule has 2 aromatic heterocycles. The molecule has 24 heavy (non-hydrogen) atoms. The first-order chi connectivity index (χ1) is 11.4. The van der Waals surface area contributed by atoms with E-state index in [1.807, 2.05) is 0 Å². The minimum Gasteiger partial charge on any atom is -0.298 e. The Morgan fingerprint density at radius 3 is 2.83 bits per heavy atom. The summed E-state index contributed by atoms with van der Waals surface area (Å²) >= 11 is 0. The summed E-state index contributed by atoms with van der Waals surface area (Å²) in [7, 11) is -2.10. The number of hydrogen-bond acceptors (Lipinski definition) is 4. The summed E-state index contributed by atoms with van der Waals surface area (Å²) < 4.78 is 30.3. The largest absolute Gasteiger partial charge is 0.298 e. The van der Waals surface area contributed by atoms with Gasteiger partial charge in [-0.1, -0.05) is 11.6 Å². The van der Waals surface area contributed by atoms with Crippen molar-refractivity contribution in [1.82, 2.24) is 18.9 Å². The summed E-state index contributed by atoms with van der Waals surface area (Å²) in [6.45, 7) is 2.10. The zero-order valence-electron chi connectivity index (χ0n) is 13.9. The molecule has 0 spiro atoms. The topological polar surface area (TPSA) is 85.5 Å². The Kier molecular flexibility index (Phi) is 4.60. The molecule has 0 radical (unpaired) electrons. The molecule has 1 N–H and O–H groups in total. The van der Waals surface area contributed by atoms with E-state index < -0.39 is 10.0 Å². The van der Waals surface area contributed by atoms with E-state index in [0.717, 1.165) is 19.3 Å². The highest BCUT2D eigenvalue weighted by molar-refractivity contribution is 7.89. The van der Waals surface area contributed by atoms with Crippen LogP contribution in [0.1, 0.15) is 37.9 Å². The zero-order chi connectivity index (χ0) is 17.3. The van der Waals surface area contributed by atoms with Gasteiger partial charge in [0, 0.05) is 19.8 Å². The number of rotatable bonds is 5. The number of allylic oxidation sites excluding steroid dienone is 1. The minimum absolute atomic E-state index is 0.0910. The van der Waals surface area contributed by atoms with Gasteiger partial charge in [-0.2, -0.15) is 5.10 Å². The number of aryl methyl sites for hydroxylation is 2. The van der Waals surface area contributed by atoms with Crippen LogP contribution >= 0.6 is 0 Å². The molecule has 0 unspecified atom stereocenters. The second-order valence-corrected chi connectivity index (χ2v) is 7.93. The molecule has 130 valence electrons. The maximum atomic E-state index is 12.5. The summed E-state index contributed by atoms with van der Waals surface area (Å²) in [5.41, 5.74) is 1.30. The predicted octanol–water partition coefficient (Wildman–Crippen LogP) is 1.51. The van der Waals surface area contributed by atoms with Crippen molar-refractivity contribution in [3.8, 4) is 0 Å². The van der Waals surface area contributed by atoms with E-state index in [-0.39, 0.29) is 10.5 Å². The van der Waals surface area contributed by atoms with Crippen LogP contribution in [-0.2, 0) is 17.1 Å². The van der Waals surface area contributed by atoms with Crippen molar-refractivity contribution in [2.45, 2.75) is 43.9 Å². The normalized spacial score (nSPS) is 15.7. The van der Waals surface area contributed by atoms with Gasteiger partial charge in [0.15, 0.2) is 0 Å². The number of nitrogens with one attached hydrogen (secondary N) is 1. The van der Waals surface area contributed by atoms with E-state index in [9.17, 15) is 13.2 Å². The Labute approximate surface area is 141 Å². The quantitative estimate of drug-likeness (QED) is 0.828. The van der Waals surface area contributed by atoms with Crippen LogP contribution in [0.5, 0.6) is 0 Å². The summed E-state index contributed by atoms with van der Waals surface area (Å²) in [5, 5.41) is 4.06. The molecule has 8 heteroatoms. The van der Waals surface area contributed by atoms with Crippen molar-refractivity contribution in [2.75, 3.05) is 6.54 Å². The highest BCUT2D eigenvalue weighted by Gasteiger charge is 2.19. The average Bonchev–Trinajstić information content (AvgIpc) is 3.00. The maximum Gasteiger partial charge on any atom is 0.290 e. The molecule has 1 aliphatic carbocycles. The van der Waals surface area contributed by atoms with Crippen molar-refractivity contribution in [3.05, 3.63) is 40.1 Å². The fourth-order valence-corrected chi connectivity index (χ4v) is 4.10. The highest BCUT2D eigenvalue weighted by Crippen LogP contribution is 2.20. The number of nitrogens with zero attached hydrogens (tertiary/aromatic N) is 3. The van der Waals surface area contributed by atoms with E-state index in [2.05, 4.69) is 15.9 Å². The van der Waals surface area contributed by atoms with E-state index >= 15 is 0 Å². The molecule has 3 rings (SSSR count). The van der Waals surface area contributed by atoms with E-state index in [1.54, 1.807) is 14.0 Å². The number of aromatic nitrogens is 3. The van der Waals surface area contributed by atoms with E-state index in [0.29, 0.717) is 17.9 Å². The summed E-state index contributed by atoms with van der Waals surface area (Å²) in [5.74, 6) is 0.556. The average molecular weight is 350 g/mol. The number of sulfonamides is 1. The zero-order valence-corrected chi connectivity index (χ0v) is 14.8. The molecule has 2 heterocycles. The van der Waals surface area contributed by atoms with Crippen molar-refractivity contribution >= 4 is 15.5 Å². The smallest absolute Gasteiger partial charge is 0.290 e. The Morgan fingerprint density at radius 1 is 1.33 bits per heavy atom. The van der Waals surface area contributed by atoms with Gasteiger partial charge in [-0.15, -0.1) is 0 Å². The van der Waals surface area contributed by atoms with Gasteiger partial charge in [-0.05, 0) is 45.1 Å². The first-order valence-corrected chi connectivity index (χ1v) is 9.60. The Hall–Kier alpha value is -1.93. The van der Waals surface area contributed by atoms with E-state index in [1.165, 1.54) is 39.8 Å². The van der Waals surface area contributed by atoms with Crippen LogP contribution in [0, 0.1) is 6.92 Å². The molecular formula is C16H22N4O3S. The van der Waals surface area contributed by atoms with Crippen molar-refractivity contribution < 1.29 is 8.42 Å². The van der Waals surface area contributed by atoms with Crippen LogP contribution < -0.4 is 10.3 Å². The van der Waals surface area contributed by atoms with Crippen LogP contribution in [0.3, 0.4) is 0 Å². The molecule has 0 bridgehead atoms. The number of fused-ring (bicyclic) bond motifs is 1. The molecule has 0 amide bonds. The van der Waals surface area contributed by atoms with Crippen LogP contribution in [0.25, 0.3) is 5.52 Å². The molecule has 0 aliphatic heterocycles. The second kappa shape index (κ2) is 6.52. The molecule has 0 fully saturated rings. The Bertz CT molecular complexity index is 954. The van der Waals surface area contributed by atoms with Crippen LogP contribution in [0.4, 0.5) is 0 Å². The monoisotopic (exact) mass is 350 g/mol. The summed E-state index contributed by atoms with van der Waals surface area (Å²) in [6.07, 6.45) is 8.93. The van der Waals surface area contributed by atoms with E-state index in [4.69, 9.17) is 0 Å². The lowest BCUT2D eigenvalue weighted by Gasteiger charge is -2.12. The standard InChI is InChI=1S/C16H22N4O3S/c1-12-18-19(2)16(21)15-10-14(11-20(12)15)24(22,23)17-9-8-13-6-4-3-5-7-13/h6,10-11,17H,3-5,7-9H2,1-2H3. The van der Waals surface area contributed by atoms with Crippen molar-refractivity contribution in [2.24, 2.45) is 7.05 Å². The Morgan fingerprint density at radius 2 is 2.12 bits per heavy atom.